The first-order chi connectivity index (χ1) is 5.34. The minimum absolute atomic E-state index is 0. The molecule has 0 aromatic rings. The highest BCUT2D eigenvalue weighted by Crippen LogP contribution is 1.94. The molecule has 1 atom stereocenters. The number of carbonyl (C=O) groups is 1. The van der Waals surface area contributed by atoms with E-state index in [0.29, 0.717) is 13.2 Å². The zero-order chi connectivity index (χ0) is 8.10. The van der Waals surface area contributed by atoms with Gasteiger partial charge in [-0.1, -0.05) is 0 Å². The fraction of sp³-hybridized carbons (Fsp3) is 0.833. The summed E-state index contributed by atoms with van der Waals surface area (Å²) in [5.74, 6) is -0.236. The maximum atomic E-state index is 11.0. The van der Waals surface area contributed by atoms with Gasteiger partial charge in [0.1, 0.15) is 0 Å². The second-order valence-electron chi connectivity index (χ2n) is 2.23. The molecule has 0 aromatic carbocycles. The van der Waals surface area contributed by atoms with Crippen LogP contribution in [-0.2, 0) is 14.4 Å². The van der Waals surface area contributed by atoms with Crippen molar-refractivity contribution < 1.29 is 14.4 Å². The van der Waals surface area contributed by atoms with Crippen LogP contribution in [-0.4, -0.2) is 38.8 Å². The molecule has 72 valence electrons. The Balaban J connectivity index is 0.00000121. The van der Waals surface area contributed by atoms with E-state index in [4.69, 9.17) is 4.74 Å². The van der Waals surface area contributed by atoms with Crippen LogP contribution >= 0.6 is 12.4 Å². The highest BCUT2D eigenvalue weighted by Gasteiger charge is 2.20. The lowest BCUT2D eigenvalue weighted by Crippen LogP contribution is -2.47. The molecule has 1 fully saturated rings. The SMILES string of the molecule is CONC(=O)[C@H]1CNCCO1.Cl. The van der Waals surface area contributed by atoms with Crippen molar-refractivity contribution in [1.29, 1.82) is 0 Å². The van der Waals surface area contributed by atoms with Gasteiger partial charge in [-0.25, -0.2) is 5.48 Å². The lowest BCUT2D eigenvalue weighted by molar-refractivity contribution is -0.144. The quantitative estimate of drug-likeness (QED) is 0.561. The first-order valence-corrected chi connectivity index (χ1v) is 3.49. The average Bonchev–Trinajstić information content (AvgIpc) is 2.07. The molecule has 0 spiro atoms. The summed E-state index contributed by atoms with van der Waals surface area (Å²) in [6, 6.07) is 0. The Morgan fingerprint density at radius 3 is 3.00 bits per heavy atom. The molecule has 0 aromatic heterocycles. The van der Waals surface area contributed by atoms with Gasteiger partial charge >= 0.3 is 0 Å². The van der Waals surface area contributed by atoms with Crippen molar-refractivity contribution in [2.45, 2.75) is 6.10 Å². The van der Waals surface area contributed by atoms with E-state index in [-0.39, 0.29) is 18.3 Å². The van der Waals surface area contributed by atoms with Gasteiger partial charge in [0, 0.05) is 13.1 Å². The molecular weight excluding hydrogens is 184 g/mol. The van der Waals surface area contributed by atoms with E-state index < -0.39 is 6.10 Å². The monoisotopic (exact) mass is 196 g/mol. The third kappa shape index (κ3) is 3.36. The molecule has 1 saturated heterocycles. The van der Waals surface area contributed by atoms with Gasteiger partial charge in [0.05, 0.1) is 13.7 Å². The summed E-state index contributed by atoms with van der Waals surface area (Å²) in [7, 11) is 1.40. The van der Waals surface area contributed by atoms with Crippen molar-refractivity contribution in [2.75, 3.05) is 26.8 Å². The Morgan fingerprint density at radius 1 is 1.75 bits per heavy atom. The van der Waals surface area contributed by atoms with Crippen LogP contribution in [0.1, 0.15) is 0 Å². The van der Waals surface area contributed by atoms with Crippen LogP contribution in [0.3, 0.4) is 0 Å². The van der Waals surface area contributed by atoms with Crippen molar-refractivity contribution in [3.63, 3.8) is 0 Å². The number of rotatable bonds is 2. The molecule has 5 nitrogen and oxygen atoms in total. The van der Waals surface area contributed by atoms with Crippen LogP contribution in [0.5, 0.6) is 0 Å². The molecule has 1 rings (SSSR count). The molecule has 0 saturated carbocycles. The fourth-order valence-corrected chi connectivity index (χ4v) is 0.900. The van der Waals surface area contributed by atoms with Gasteiger partial charge in [-0.15, -0.1) is 12.4 Å². The number of halogens is 1. The minimum atomic E-state index is -0.413. The summed E-state index contributed by atoms with van der Waals surface area (Å²) in [5, 5.41) is 3.03. The zero-order valence-electron chi connectivity index (χ0n) is 6.83. The third-order valence-electron chi connectivity index (χ3n) is 1.42. The fourth-order valence-electron chi connectivity index (χ4n) is 0.900. The molecule has 1 aliphatic rings. The maximum absolute atomic E-state index is 11.0. The van der Waals surface area contributed by atoms with E-state index in [2.05, 4.69) is 15.6 Å². The van der Waals surface area contributed by atoms with E-state index in [1.807, 2.05) is 0 Å². The topological polar surface area (TPSA) is 59.6 Å². The molecule has 0 bridgehead atoms. The largest absolute Gasteiger partial charge is 0.366 e. The van der Waals surface area contributed by atoms with E-state index in [1.165, 1.54) is 7.11 Å². The van der Waals surface area contributed by atoms with Gasteiger partial charge in [0.2, 0.25) is 0 Å². The van der Waals surface area contributed by atoms with Gasteiger partial charge in [0.15, 0.2) is 6.10 Å². The lowest BCUT2D eigenvalue weighted by Gasteiger charge is -2.21. The highest BCUT2D eigenvalue weighted by atomic mass is 35.5. The van der Waals surface area contributed by atoms with Crippen LogP contribution in [0.15, 0.2) is 0 Å². The summed E-state index contributed by atoms with van der Waals surface area (Å²) < 4.78 is 5.14. The number of hydrogen-bond acceptors (Lipinski definition) is 4. The van der Waals surface area contributed by atoms with Crippen LogP contribution in [0.25, 0.3) is 0 Å². The Kier molecular flexibility index (Phi) is 6.00. The summed E-state index contributed by atoms with van der Waals surface area (Å²) in [4.78, 5) is 15.4. The number of amides is 1. The minimum Gasteiger partial charge on any atom is -0.366 e. The maximum Gasteiger partial charge on any atom is 0.273 e. The van der Waals surface area contributed by atoms with Gasteiger partial charge in [-0.2, -0.15) is 0 Å². The number of hydroxylamine groups is 1. The molecule has 6 heteroatoms. The smallest absolute Gasteiger partial charge is 0.273 e. The Hall–Kier alpha value is -0.360. The van der Waals surface area contributed by atoms with E-state index in [1.54, 1.807) is 0 Å². The predicted molar refractivity (Wildman–Crippen MR) is 45.0 cm³/mol. The zero-order valence-corrected chi connectivity index (χ0v) is 7.65. The number of morpholine rings is 1. The van der Waals surface area contributed by atoms with Crippen LogP contribution < -0.4 is 10.8 Å². The summed E-state index contributed by atoms with van der Waals surface area (Å²) >= 11 is 0. The predicted octanol–water partition coefficient (Wildman–Crippen LogP) is -0.926. The number of nitrogens with one attached hydrogen (secondary N) is 2. The van der Waals surface area contributed by atoms with E-state index >= 15 is 0 Å². The molecule has 1 heterocycles. The van der Waals surface area contributed by atoms with Crippen molar-refractivity contribution in [2.24, 2.45) is 0 Å². The molecule has 1 amide bonds. The first-order valence-electron chi connectivity index (χ1n) is 3.49. The third-order valence-corrected chi connectivity index (χ3v) is 1.42. The van der Waals surface area contributed by atoms with Crippen molar-refractivity contribution >= 4 is 18.3 Å². The Labute approximate surface area is 77.2 Å². The Bertz CT molecular complexity index is 139. The van der Waals surface area contributed by atoms with Crippen molar-refractivity contribution in [3.05, 3.63) is 0 Å². The van der Waals surface area contributed by atoms with Crippen molar-refractivity contribution in [3.8, 4) is 0 Å². The lowest BCUT2D eigenvalue weighted by atomic mass is 10.3. The number of ether oxygens (including phenoxy) is 1. The molecule has 0 unspecified atom stereocenters. The van der Waals surface area contributed by atoms with Gasteiger partial charge in [-0.3, -0.25) is 9.63 Å². The number of hydrogen-bond donors (Lipinski definition) is 2. The molecule has 1 aliphatic heterocycles. The van der Waals surface area contributed by atoms with E-state index in [9.17, 15) is 4.79 Å². The van der Waals surface area contributed by atoms with Crippen LogP contribution in [0, 0.1) is 0 Å². The van der Waals surface area contributed by atoms with Crippen LogP contribution in [0.4, 0.5) is 0 Å². The van der Waals surface area contributed by atoms with E-state index in [0.717, 1.165) is 6.54 Å². The van der Waals surface area contributed by atoms with Crippen molar-refractivity contribution in [1.82, 2.24) is 10.8 Å². The number of carbonyl (C=O) groups excluding carboxylic acids is 1. The highest BCUT2D eigenvalue weighted by molar-refractivity contribution is 5.85. The van der Waals surface area contributed by atoms with Crippen LogP contribution in [0.2, 0.25) is 0 Å². The first kappa shape index (κ1) is 11.6. The second kappa shape index (κ2) is 6.19. The normalized spacial score (nSPS) is 22.6. The molecular formula is C6H13ClN2O3. The van der Waals surface area contributed by atoms with Gasteiger partial charge in [0.25, 0.3) is 5.91 Å². The summed E-state index contributed by atoms with van der Waals surface area (Å²) in [6.45, 7) is 1.92. The Morgan fingerprint density at radius 2 is 2.50 bits per heavy atom. The average molecular weight is 197 g/mol. The standard InChI is InChI=1S/C6H12N2O3.ClH/c1-10-8-6(9)5-4-7-2-3-11-5;/h5,7H,2-4H2,1H3,(H,8,9);1H/t5-;/m1./s1. The molecule has 0 radical (unpaired) electrons. The molecule has 12 heavy (non-hydrogen) atoms. The molecule has 2 N–H and O–H groups in total. The second-order valence-corrected chi connectivity index (χ2v) is 2.23. The summed E-state index contributed by atoms with van der Waals surface area (Å²) in [5.41, 5.74) is 2.21. The van der Waals surface area contributed by atoms with Gasteiger partial charge < -0.3 is 10.1 Å². The van der Waals surface area contributed by atoms with Gasteiger partial charge in [-0.05, 0) is 0 Å². The molecule has 0 aliphatic carbocycles. The summed E-state index contributed by atoms with van der Waals surface area (Å²) in [6.07, 6.45) is -0.413.